The minimum atomic E-state index is 0.668. The van der Waals surface area contributed by atoms with Crippen LogP contribution in [-0.2, 0) is 4.43 Å². The average molecular weight is 85.2 g/mol. The molecular formula is C3H5OSi. The maximum atomic E-state index is 4.36. The molecule has 0 fully saturated rings. The fourth-order valence-electron chi connectivity index (χ4n) is 0. The Morgan fingerprint density at radius 3 is 2.20 bits per heavy atom. The van der Waals surface area contributed by atoms with Gasteiger partial charge in [0.2, 0.25) is 0 Å². The van der Waals surface area contributed by atoms with Gasteiger partial charge in [-0.15, -0.1) is 0 Å². The van der Waals surface area contributed by atoms with Crippen molar-refractivity contribution in [2.45, 2.75) is 6.92 Å². The van der Waals surface area contributed by atoms with E-state index in [1.807, 2.05) is 0 Å². The van der Waals surface area contributed by atoms with Crippen molar-refractivity contribution in [2.75, 3.05) is 0 Å². The molecule has 5 heavy (non-hydrogen) atoms. The first-order chi connectivity index (χ1) is 2.27. The predicted octanol–water partition coefficient (Wildman–Crippen LogP) is 0.620. The van der Waals surface area contributed by atoms with Crippen LogP contribution < -0.4 is 0 Å². The zero-order valence-electron chi connectivity index (χ0n) is 3.12. The van der Waals surface area contributed by atoms with E-state index in [0.717, 1.165) is 0 Å². The Hall–Kier alpha value is -0.243. The highest BCUT2D eigenvalue weighted by molar-refractivity contribution is 5.98. The summed E-state index contributed by atoms with van der Waals surface area (Å²) in [7, 11) is 2.76. The maximum Gasteiger partial charge on any atom is 0.340 e. The highest BCUT2D eigenvalue weighted by atomic mass is 28.2. The summed E-state index contributed by atoms with van der Waals surface area (Å²) in [6, 6.07) is 0. The molecule has 0 aliphatic carbocycles. The third kappa shape index (κ3) is 3.76. The highest BCUT2D eigenvalue weighted by Crippen LogP contribution is 1.79. The standard InChI is InChI=1S/C3H5OSi/c1-3(2)4-5/h1H2,2H3. The van der Waals surface area contributed by atoms with Crippen LogP contribution in [0.3, 0.4) is 0 Å². The Morgan fingerprint density at radius 2 is 2.20 bits per heavy atom. The van der Waals surface area contributed by atoms with Gasteiger partial charge in [-0.2, -0.15) is 0 Å². The highest BCUT2D eigenvalue weighted by Gasteiger charge is 1.66. The zero-order valence-corrected chi connectivity index (χ0v) is 4.12. The number of hydrogen-bond acceptors (Lipinski definition) is 1. The van der Waals surface area contributed by atoms with Crippen molar-refractivity contribution in [1.29, 1.82) is 0 Å². The average Bonchev–Trinajstić information content (AvgIpc) is 1.38. The monoisotopic (exact) mass is 85.0 g/mol. The molecule has 0 saturated carbocycles. The molecule has 0 aromatic rings. The molecule has 0 atom stereocenters. The second-order valence-corrected chi connectivity index (χ2v) is 1.01. The second kappa shape index (κ2) is 2.02. The Kier molecular flexibility index (Phi) is 1.92. The van der Waals surface area contributed by atoms with Crippen LogP contribution in [0.25, 0.3) is 0 Å². The number of rotatable bonds is 1. The summed E-state index contributed by atoms with van der Waals surface area (Å²) in [6.45, 7) is 5.16. The van der Waals surface area contributed by atoms with Crippen LogP contribution in [0.2, 0.25) is 0 Å². The lowest BCUT2D eigenvalue weighted by atomic mass is 10.7. The molecule has 0 bridgehead atoms. The first kappa shape index (κ1) is 4.76. The summed E-state index contributed by atoms with van der Waals surface area (Å²) < 4.78 is 4.36. The molecule has 0 aromatic heterocycles. The van der Waals surface area contributed by atoms with Gasteiger partial charge in [-0.1, -0.05) is 6.58 Å². The van der Waals surface area contributed by atoms with E-state index in [9.17, 15) is 0 Å². The molecule has 1 nitrogen and oxygen atoms in total. The van der Waals surface area contributed by atoms with Crippen LogP contribution in [0.5, 0.6) is 0 Å². The molecular weight excluding hydrogens is 80.1 g/mol. The third-order valence-corrected chi connectivity index (χ3v) is 0.523. The molecule has 3 radical (unpaired) electrons. The van der Waals surface area contributed by atoms with E-state index in [1.165, 1.54) is 0 Å². The van der Waals surface area contributed by atoms with Gasteiger partial charge in [0.15, 0.2) is 0 Å². The summed E-state index contributed by atoms with van der Waals surface area (Å²) in [5.41, 5.74) is 0. The van der Waals surface area contributed by atoms with E-state index in [4.69, 9.17) is 0 Å². The number of hydrogen-bond donors (Lipinski definition) is 0. The first-order valence-electron chi connectivity index (χ1n) is 1.26. The SMILES string of the molecule is C=C(C)O[Si]. The van der Waals surface area contributed by atoms with E-state index >= 15 is 0 Å². The Morgan fingerprint density at radius 1 is 2.00 bits per heavy atom. The maximum absolute atomic E-state index is 4.36. The molecule has 27 valence electrons. The van der Waals surface area contributed by atoms with Crippen LogP contribution >= 0.6 is 0 Å². The Balaban J connectivity index is 2.85. The van der Waals surface area contributed by atoms with Crippen molar-refractivity contribution in [3.63, 3.8) is 0 Å². The molecule has 0 rings (SSSR count). The molecule has 0 N–H and O–H groups in total. The Bertz CT molecular complexity index is 42.2. The van der Waals surface area contributed by atoms with Crippen LogP contribution in [0.1, 0.15) is 6.92 Å². The fraction of sp³-hybridized carbons (Fsp3) is 0.333. The second-order valence-electron chi connectivity index (χ2n) is 0.804. The molecule has 0 aromatic carbocycles. The van der Waals surface area contributed by atoms with E-state index in [2.05, 4.69) is 21.5 Å². The van der Waals surface area contributed by atoms with Gasteiger partial charge in [-0.05, 0) is 6.92 Å². The largest absolute Gasteiger partial charge is 0.544 e. The zero-order chi connectivity index (χ0) is 4.28. The van der Waals surface area contributed by atoms with E-state index in [-0.39, 0.29) is 0 Å². The van der Waals surface area contributed by atoms with Crippen LogP contribution in [-0.4, -0.2) is 10.5 Å². The van der Waals surface area contributed by atoms with E-state index in [0.29, 0.717) is 5.76 Å². The molecule has 0 aliphatic rings. The van der Waals surface area contributed by atoms with Crippen molar-refractivity contribution in [3.8, 4) is 0 Å². The number of allylic oxidation sites excluding steroid dienone is 1. The minimum Gasteiger partial charge on any atom is -0.544 e. The van der Waals surface area contributed by atoms with Gasteiger partial charge in [-0.25, -0.2) is 0 Å². The molecule has 0 spiro atoms. The fourth-order valence-corrected chi connectivity index (χ4v) is 0. The van der Waals surface area contributed by atoms with Crippen LogP contribution in [0, 0.1) is 0 Å². The normalized spacial score (nSPS) is 6.80. The first-order valence-corrected chi connectivity index (χ1v) is 1.67. The summed E-state index contributed by atoms with van der Waals surface area (Å²) in [5.74, 6) is 0.668. The third-order valence-electron chi connectivity index (χ3n) is 0.174. The molecule has 0 aliphatic heterocycles. The lowest BCUT2D eigenvalue weighted by Gasteiger charge is -1.88. The van der Waals surface area contributed by atoms with Crippen molar-refractivity contribution < 1.29 is 4.43 Å². The van der Waals surface area contributed by atoms with Crippen LogP contribution in [0.15, 0.2) is 12.3 Å². The Labute approximate surface area is 35.2 Å². The van der Waals surface area contributed by atoms with Crippen molar-refractivity contribution in [3.05, 3.63) is 12.3 Å². The molecule has 2 heteroatoms. The smallest absolute Gasteiger partial charge is 0.340 e. The predicted molar refractivity (Wildman–Crippen MR) is 21.7 cm³/mol. The van der Waals surface area contributed by atoms with Crippen LogP contribution in [0.4, 0.5) is 0 Å². The van der Waals surface area contributed by atoms with Gasteiger partial charge < -0.3 is 4.43 Å². The van der Waals surface area contributed by atoms with Gasteiger partial charge in [0.25, 0.3) is 0 Å². The summed E-state index contributed by atoms with van der Waals surface area (Å²) in [6.07, 6.45) is 0. The lowest BCUT2D eigenvalue weighted by Crippen LogP contribution is -1.73. The van der Waals surface area contributed by atoms with Crippen molar-refractivity contribution in [1.82, 2.24) is 0 Å². The summed E-state index contributed by atoms with van der Waals surface area (Å²) >= 11 is 0. The minimum absolute atomic E-state index is 0.668. The lowest BCUT2D eigenvalue weighted by molar-refractivity contribution is 0.476. The van der Waals surface area contributed by atoms with E-state index in [1.54, 1.807) is 6.92 Å². The van der Waals surface area contributed by atoms with Crippen molar-refractivity contribution in [2.24, 2.45) is 0 Å². The van der Waals surface area contributed by atoms with Gasteiger partial charge >= 0.3 is 10.5 Å². The molecule has 0 unspecified atom stereocenters. The quantitative estimate of drug-likeness (QED) is 0.335. The molecule has 0 amide bonds. The topological polar surface area (TPSA) is 9.23 Å². The van der Waals surface area contributed by atoms with Crippen molar-refractivity contribution >= 4 is 10.5 Å². The van der Waals surface area contributed by atoms with Gasteiger partial charge in [-0.3, -0.25) is 0 Å². The van der Waals surface area contributed by atoms with Gasteiger partial charge in [0, 0.05) is 0 Å². The summed E-state index contributed by atoms with van der Waals surface area (Å²) in [4.78, 5) is 0. The van der Waals surface area contributed by atoms with E-state index < -0.39 is 0 Å². The van der Waals surface area contributed by atoms with Gasteiger partial charge in [0.05, 0.1) is 5.76 Å². The summed E-state index contributed by atoms with van der Waals surface area (Å²) in [5, 5.41) is 0. The molecule has 0 heterocycles. The van der Waals surface area contributed by atoms with Gasteiger partial charge in [0.1, 0.15) is 0 Å². The molecule has 0 saturated heterocycles.